The molecule has 3 heterocycles. The molecule has 0 spiro atoms. The fourth-order valence-corrected chi connectivity index (χ4v) is 10.1. The molecule has 12 nitrogen and oxygen atoms in total. The summed E-state index contributed by atoms with van der Waals surface area (Å²) in [6, 6.07) is -1.21. The van der Waals surface area contributed by atoms with E-state index in [0.717, 1.165) is 10.5 Å². The van der Waals surface area contributed by atoms with Crippen molar-refractivity contribution in [3.63, 3.8) is 0 Å². The quantitative estimate of drug-likeness (QED) is 0.156. The molecular weight excluding hydrogens is 841 g/mol. The number of aliphatic hydroxyl groups excluding tert-OH is 1. The van der Waals surface area contributed by atoms with Gasteiger partial charge in [0.15, 0.2) is 18.1 Å². The lowest BCUT2D eigenvalue weighted by atomic mass is 9.78. The molecule has 1 saturated carbocycles. The van der Waals surface area contributed by atoms with Crippen molar-refractivity contribution in [2.24, 2.45) is 35.5 Å². The first-order valence-corrected chi connectivity index (χ1v) is 23.8. The molecule has 4 unspecified atom stereocenters. The number of Topliss-reactive ketones (excluding diaryl/α,β-unsaturated/α-hetero) is 3. The Labute approximate surface area is 385 Å². The van der Waals surface area contributed by atoms with Gasteiger partial charge in [-0.3, -0.25) is 19.2 Å². The first-order valence-electron chi connectivity index (χ1n) is 23.8. The summed E-state index contributed by atoms with van der Waals surface area (Å²) in [5, 5.41) is 10.5. The molecule has 3 fully saturated rings. The summed E-state index contributed by atoms with van der Waals surface area (Å²) in [6.45, 7) is 12.2. The lowest BCUT2D eigenvalue weighted by molar-refractivity contribution is -0.231. The van der Waals surface area contributed by atoms with Gasteiger partial charge in [0.1, 0.15) is 17.9 Å². The number of aliphatic hydroxyl groups is 1. The second kappa shape index (κ2) is 25.1. The molecule has 366 valence electrons. The predicted molar refractivity (Wildman–Crippen MR) is 243 cm³/mol. The number of amides is 1. The number of rotatable bonds is 6. The zero-order valence-corrected chi connectivity index (χ0v) is 40.5. The Morgan fingerprint density at radius 3 is 2.28 bits per heavy atom. The average Bonchev–Trinajstić information content (AvgIpc) is 3.28. The van der Waals surface area contributed by atoms with Crippen LogP contribution in [0.1, 0.15) is 126 Å². The number of fused-ring (bicyclic) bond motifs is 3. The summed E-state index contributed by atoms with van der Waals surface area (Å²) in [5.74, 6) is -9.64. The number of ketones is 3. The second-order valence-corrected chi connectivity index (χ2v) is 19.5. The van der Waals surface area contributed by atoms with Gasteiger partial charge in [0.25, 0.3) is 17.5 Å². The Hall–Kier alpha value is -3.43. The molecule has 2 bridgehead atoms. The molecule has 0 aromatic heterocycles. The van der Waals surface area contributed by atoms with E-state index in [-0.39, 0.29) is 73.2 Å². The van der Waals surface area contributed by atoms with Gasteiger partial charge in [-0.25, -0.2) is 13.6 Å². The van der Waals surface area contributed by atoms with Crippen molar-refractivity contribution in [3.05, 3.63) is 47.6 Å². The molecule has 0 aromatic rings. The summed E-state index contributed by atoms with van der Waals surface area (Å²) in [6.07, 6.45) is 9.11. The summed E-state index contributed by atoms with van der Waals surface area (Å²) >= 11 is 0. The molecule has 3 aliphatic heterocycles. The van der Waals surface area contributed by atoms with Crippen molar-refractivity contribution in [2.45, 2.75) is 180 Å². The number of allylic oxidation sites excluding steroid dienone is 6. The van der Waals surface area contributed by atoms with Crippen LogP contribution in [0.25, 0.3) is 0 Å². The lowest BCUT2D eigenvalue weighted by Gasteiger charge is -2.41. The lowest BCUT2D eigenvalue weighted by Crippen LogP contribution is -2.59. The van der Waals surface area contributed by atoms with E-state index in [1.54, 1.807) is 21.0 Å². The van der Waals surface area contributed by atoms with Crippen LogP contribution in [0.5, 0.6) is 0 Å². The number of piperidine rings is 1. The van der Waals surface area contributed by atoms with Crippen LogP contribution in [0.3, 0.4) is 0 Å². The minimum Gasteiger partial charge on any atom is -0.460 e. The third-order valence-corrected chi connectivity index (χ3v) is 14.4. The van der Waals surface area contributed by atoms with Crippen molar-refractivity contribution in [2.75, 3.05) is 27.9 Å². The number of hydrogen-bond donors (Lipinski definition) is 1. The minimum absolute atomic E-state index is 0.0206. The number of carbonyl (C=O) groups is 5. The molecule has 1 aliphatic carbocycles. The van der Waals surface area contributed by atoms with Gasteiger partial charge in [0.05, 0.1) is 24.4 Å². The van der Waals surface area contributed by atoms with Crippen molar-refractivity contribution in [3.8, 4) is 0 Å². The fourth-order valence-electron chi connectivity index (χ4n) is 10.1. The highest BCUT2D eigenvalue weighted by atomic mass is 19.2. The smallest absolute Gasteiger partial charge is 0.329 e. The summed E-state index contributed by atoms with van der Waals surface area (Å²) in [4.78, 5) is 71.3. The largest absolute Gasteiger partial charge is 0.460 e. The number of esters is 1. The van der Waals surface area contributed by atoms with Gasteiger partial charge in [-0.05, 0) is 107 Å². The van der Waals surface area contributed by atoms with E-state index in [1.165, 1.54) is 34.1 Å². The van der Waals surface area contributed by atoms with E-state index >= 15 is 8.78 Å². The molecule has 1 amide bonds. The Morgan fingerprint density at radius 2 is 1.60 bits per heavy atom. The fraction of sp³-hybridized carbons (Fsp3) is 0.745. The van der Waals surface area contributed by atoms with E-state index in [4.69, 9.17) is 23.7 Å². The molecule has 4 aliphatic rings. The molecule has 1 N–H and O–H groups in total. The summed E-state index contributed by atoms with van der Waals surface area (Å²) in [5.41, 5.74) is 0.981. The van der Waals surface area contributed by atoms with Crippen molar-refractivity contribution in [1.29, 1.82) is 0 Å². The van der Waals surface area contributed by atoms with E-state index in [1.807, 2.05) is 51.2 Å². The van der Waals surface area contributed by atoms with Crippen LogP contribution < -0.4 is 0 Å². The van der Waals surface area contributed by atoms with Gasteiger partial charge in [-0.15, -0.1) is 0 Å². The van der Waals surface area contributed by atoms with Gasteiger partial charge in [0.2, 0.25) is 0 Å². The van der Waals surface area contributed by atoms with Crippen LogP contribution in [0.4, 0.5) is 8.78 Å². The van der Waals surface area contributed by atoms with Crippen LogP contribution in [0.2, 0.25) is 0 Å². The number of carbonyl (C=O) groups excluding carboxylic acids is 5. The van der Waals surface area contributed by atoms with E-state index in [0.29, 0.717) is 51.4 Å². The number of nitrogens with zero attached hydrogens (tertiary/aromatic N) is 1. The monoisotopic (exact) mass is 918 g/mol. The van der Waals surface area contributed by atoms with Gasteiger partial charge >= 0.3 is 5.97 Å². The van der Waals surface area contributed by atoms with Crippen LogP contribution in [-0.2, 0) is 47.7 Å². The Balaban J connectivity index is 1.70. The molecular formula is C51H77F2NO11. The zero-order chi connectivity index (χ0) is 48.2. The van der Waals surface area contributed by atoms with Crippen molar-refractivity contribution < 1.29 is 61.5 Å². The van der Waals surface area contributed by atoms with Gasteiger partial charge in [0, 0.05) is 58.5 Å². The molecule has 4 rings (SSSR count). The van der Waals surface area contributed by atoms with Crippen molar-refractivity contribution >= 4 is 29.2 Å². The maximum absolute atomic E-state index is 17.0. The minimum atomic E-state index is -2.94. The number of ether oxygens (including phenoxy) is 5. The van der Waals surface area contributed by atoms with Crippen LogP contribution in [-0.4, -0.2) is 122 Å². The third kappa shape index (κ3) is 14.3. The number of cyclic esters (lactones) is 1. The average molecular weight is 918 g/mol. The van der Waals surface area contributed by atoms with Crippen LogP contribution in [0.15, 0.2) is 47.6 Å². The summed E-state index contributed by atoms with van der Waals surface area (Å²) < 4.78 is 62.1. The van der Waals surface area contributed by atoms with Crippen LogP contribution >= 0.6 is 0 Å². The van der Waals surface area contributed by atoms with E-state index < -0.39 is 84.0 Å². The van der Waals surface area contributed by atoms with E-state index in [9.17, 15) is 29.1 Å². The first-order chi connectivity index (χ1) is 30.7. The molecule has 0 radical (unpaired) electrons. The zero-order valence-electron chi connectivity index (χ0n) is 40.5. The van der Waals surface area contributed by atoms with Gasteiger partial charge in [-0.2, -0.15) is 0 Å². The Morgan fingerprint density at radius 1 is 0.877 bits per heavy atom. The van der Waals surface area contributed by atoms with Gasteiger partial charge < -0.3 is 33.7 Å². The van der Waals surface area contributed by atoms with Gasteiger partial charge in [-0.1, -0.05) is 71.1 Å². The maximum atomic E-state index is 17.0. The summed E-state index contributed by atoms with van der Waals surface area (Å²) in [7, 11) is 4.38. The standard InChI is InChI=1S/C51H77F2NO11/c1-30-16-12-11-13-17-31(2)42(61-8)28-38-21-19-36(7)51(53,65-38)48(58)49(59)54-23-15-14-18-39(54)50(60)64-43(33(4)26-37-20-22-40(55)44(27-37)62-9)29-41(56)32(3)25-34(5)45(52)47(63-10)46(57)35(6)24-30/h11-13,16-17,25,30,32-33,35-40,42-45,47,55H,14-15,18-24,26-29H2,1-10H3/b13-11?,16-12+,31-17?,34-25+/t30-,32-,33-,35-,36-,37?,38+,39?,40+,42+,43+,44-,45?,47-,51?/m1/s1. The highest BCUT2D eigenvalue weighted by molar-refractivity contribution is 6.39. The first kappa shape index (κ1) is 54.2. The maximum Gasteiger partial charge on any atom is 0.329 e. The highest BCUT2D eigenvalue weighted by Gasteiger charge is 2.55. The topological polar surface area (TPSA) is 155 Å². The normalized spacial score (nSPS) is 39.1. The predicted octanol–water partition coefficient (Wildman–Crippen LogP) is 8.14. The molecule has 65 heavy (non-hydrogen) atoms. The molecule has 0 aromatic carbocycles. The number of hydrogen-bond acceptors (Lipinski definition) is 11. The highest BCUT2D eigenvalue weighted by Crippen LogP contribution is 2.40. The second-order valence-electron chi connectivity index (χ2n) is 19.5. The Bertz CT molecular complexity index is 1760. The molecule has 2 saturated heterocycles. The van der Waals surface area contributed by atoms with Crippen LogP contribution in [0, 0.1) is 35.5 Å². The van der Waals surface area contributed by atoms with Crippen molar-refractivity contribution in [1.82, 2.24) is 4.90 Å². The third-order valence-electron chi connectivity index (χ3n) is 14.4. The SMILES string of the molecule is CO[C@H]1C[C@@H]2CC[C@@H](C)C(F)(O2)C(=O)C(=O)N2CCCCC2C(=O)O[C@H]([C@H](C)CC2CC[C@H](O)[C@H](OC)C2)CC(=O)[C@H](C)/C=C(\C)C(F)[C@@H](OC)C(=O)[C@H](C)C[C@H](C)/C=C/C=CC=C1C. The number of methoxy groups -OCH3 is 3. The molecule has 15 atom stereocenters. The number of halogens is 2. The molecule has 14 heteroatoms. The van der Waals surface area contributed by atoms with E-state index in [2.05, 4.69) is 0 Å². The number of alkyl halides is 2. The Kier molecular flexibility index (Phi) is 20.9.